The third kappa shape index (κ3) is 3.34. The van der Waals surface area contributed by atoms with Crippen LogP contribution in [0.1, 0.15) is 19.4 Å². The van der Waals surface area contributed by atoms with Crippen LogP contribution in [-0.2, 0) is 14.4 Å². The second kappa shape index (κ2) is 6.80. The number of thioether (sulfide) groups is 1. The minimum absolute atomic E-state index is 0.00637. The fourth-order valence-electron chi connectivity index (χ4n) is 3.32. The number of β-lactam (4-membered cyclic amide) rings is 1. The summed E-state index contributed by atoms with van der Waals surface area (Å²) in [4.78, 5) is 37.3. The van der Waals surface area contributed by atoms with E-state index < -0.39 is 34.6 Å². The fourth-order valence-corrected chi connectivity index (χ4v) is 4.94. The van der Waals surface area contributed by atoms with Crippen molar-refractivity contribution < 1.29 is 29.3 Å². The SMILES string of the molecule is COc1cc(C=CC(=O)N[C@@H]2C(=O)N3[C@@H]2SC(C)(C)[C@@H]3C(=O)O)ccc1O. The van der Waals surface area contributed by atoms with E-state index in [1.165, 1.54) is 42.0 Å². The summed E-state index contributed by atoms with van der Waals surface area (Å²) in [6.45, 7) is 3.55. The van der Waals surface area contributed by atoms with Crippen molar-refractivity contribution in [2.45, 2.75) is 36.1 Å². The van der Waals surface area contributed by atoms with Gasteiger partial charge in [-0.15, -0.1) is 11.8 Å². The number of methoxy groups -OCH3 is 1. The number of benzene rings is 1. The van der Waals surface area contributed by atoms with Crippen molar-refractivity contribution in [1.29, 1.82) is 0 Å². The molecule has 8 nitrogen and oxygen atoms in total. The van der Waals surface area contributed by atoms with Crippen LogP contribution in [0.2, 0.25) is 0 Å². The summed E-state index contributed by atoms with van der Waals surface area (Å²) in [5.41, 5.74) is 0.642. The summed E-state index contributed by atoms with van der Waals surface area (Å²) in [6, 6.07) is 2.98. The molecule has 2 fully saturated rings. The number of carbonyl (C=O) groups is 3. The molecule has 0 radical (unpaired) electrons. The number of hydrogen-bond donors (Lipinski definition) is 3. The van der Waals surface area contributed by atoms with E-state index >= 15 is 0 Å². The molecule has 0 aromatic heterocycles. The number of aromatic hydroxyl groups is 1. The second-order valence-electron chi connectivity index (χ2n) is 6.85. The van der Waals surface area contributed by atoms with Gasteiger partial charge in [-0.2, -0.15) is 0 Å². The average Bonchev–Trinajstić information content (AvgIpc) is 2.87. The first-order valence-electron chi connectivity index (χ1n) is 8.24. The lowest BCUT2D eigenvalue weighted by Crippen LogP contribution is -2.70. The van der Waals surface area contributed by atoms with Crippen LogP contribution in [0.25, 0.3) is 6.08 Å². The van der Waals surface area contributed by atoms with Crippen molar-refractivity contribution in [3.8, 4) is 11.5 Å². The van der Waals surface area contributed by atoms with E-state index in [-0.39, 0.29) is 16.9 Å². The van der Waals surface area contributed by atoms with Crippen LogP contribution in [0.15, 0.2) is 24.3 Å². The van der Waals surface area contributed by atoms with E-state index in [4.69, 9.17) is 4.74 Å². The van der Waals surface area contributed by atoms with Crippen molar-refractivity contribution in [2.24, 2.45) is 0 Å². The topological polar surface area (TPSA) is 116 Å². The lowest BCUT2D eigenvalue weighted by atomic mass is 9.96. The molecule has 2 aliphatic heterocycles. The summed E-state index contributed by atoms with van der Waals surface area (Å²) in [5.74, 6) is -1.62. The van der Waals surface area contributed by atoms with E-state index in [2.05, 4.69) is 5.32 Å². The lowest BCUT2D eigenvalue weighted by Gasteiger charge is -2.43. The number of carboxylic acids is 1. The number of fused-ring (bicyclic) bond motifs is 1. The van der Waals surface area contributed by atoms with Gasteiger partial charge in [0.1, 0.15) is 17.5 Å². The zero-order chi connectivity index (χ0) is 19.9. The monoisotopic (exact) mass is 392 g/mol. The molecule has 2 heterocycles. The average molecular weight is 392 g/mol. The minimum Gasteiger partial charge on any atom is -0.504 e. The molecule has 0 spiro atoms. The van der Waals surface area contributed by atoms with Crippen molar-refractivity contribution in [3.05, 3.63) is 29.8 Å². The number of phenols is 1. The van der Waals surface area contributed by atoms with Gasteiger partial charge in [0, 0.05) is 10.8 Å². The number of amides is 2. The molecule has 27 heavy (non-hydrogen) atoms. The number of hydrogen-bond acceptors (Lipinski definition) is 6. The standard InChI is InChI=1S/C18H20N2O6S/c1-18(2)14(17(24)25)20-15(23)13(16(20)27-18)19-12(22)7-5-9-4-6-10(21)11(8-9)26-3/h4-8,13-14,16,21H,1-3H3,(H,19,22)(H,24,25)/t13-,14+,16-/m1/s1. The van der Waals surface area contributed by atoms with Gasteiger partial charge < -0.3 is 25.2 Å². The van der Waals surface area contributed by atoms with Gasteiger partial charge in [0.2, 0.25) is 11.8 Å². The molecule has 3 rings (SSSR count). The number of aliphatic carboxylic acids is 1. The Morgan fingerprint density at radius 2 is 2.07 bits per heavy atom. The largest absolute Gasteiger partial charge is 0.504 e. The van der Waals surface area contributed by atoms with Crippen molar-refractivity contribution in [2.75, 3.05) is 7.11 Å². The Balaban J connectivity index is 1.66. The van der Waals surface area contributed by atoms with Crippen LogP contribution < -0.4 is 10.1 Å². The first-order valence-corrected chi connectivity index (χ1v) is 9.12. The van der Waals surface area contributed by atoms with Crippen molar-refractivity contribution in [1.82, 2.24) is 10.2 Å². The predicted molar refractivity (Wildman–Crippen MR) is 99.4 cm³/mol. The molecule has 1 aromatic carbocycles. The summed E-state index contributed by atoms with van der Waals surface area (Å²) in [5, 5.41) is 21.2. The van der Waals surface area contributed by atoms with E-state index in [0.717, 1.165) is 0 Å². The van der Waals surface area contributed by atoms with Crippen LogP contribution in [0.3, 0.4) is 0 Å². The van der Waals surface area contributed by atoms with Gasteiger partial charge in [-0.3, -0.25) is 9.59 Å². The van der Waals surface area contributed by atoms with E-state index in [9.17, 15) is 24.6 Å². The van der Waals surface area contributed by atoms with Crippen LogP contribution in [0.5, 0.6) is 11.5 Å². The second-order valence-corrected chi connectivity index (χ2v) is 8.62. The Morgan fingerprint density at radius 3 is 2.70 bits per heavy atom. The Morgan fingerprint density at radius 1 is 1.37 bits per heavy atom. The molecule has 3 atom stereocenters. The molecule has 0 unspecified atom stereocenters. The van der Waals surface area contributed by atoms with Crippen LogP contribution in [-0.4, -0.2) is 62.2 Å². The summed E-state index contributed by atoms with van der Waals surface area (Å²) in [7, 11) is 1.42. The molecular formula is C18H20N2O6S. The number of carbonyl (C=O) groups excluding carboxylic acids is 2. The lowest BCUT2D eigenvalue weighted by molar-refractivity contribution is -0.160. The molecule has 2 aliphatic rings. The van der Waals surface area contributed by atoms with Crippen LogP contribution >= 0.6 is 11.8 Å². The van der Waals surface area contributed by atoms with Gasteiger partial charge in [-0.05, 0) is 37.6 Å². The van der Waals surface area contributed by atoms with Crippen molar-refractivity contribution >= 4 is 35.6 Å². The molecular weight excluding hydrogens is 372 g/mol. The van der Waals surface area contributed by atoms with Crippen LogP contribution in [0.4, 0.5) is 0 Å². The summed E-state index contributed by atoms with van der Waals surface area (Å²) >= 11 is 1.37. The zero-order valence-electron chi connectivity index (χ0n) is 15.0. The molecule has 1 aromatic rings. The van der Waals surface area contributed by atoms with E-state index in [1.807, 2.05) is 0 Å². The number of phenolic OH excluding ortho intramolecular Hbond substituents is 1. The van der Waals surface area contributed by atoms with Gasteiger partial charge in [0.25, 0.3) is 0 Å². The summed E-state index contributed by atoms with van der Waals surface area (Å²) in [6.07, 6.45) is 2.81. The third-order valence-electron chi connectivity index (χ3n) is 4.60. The molecule has 3 N–H and O–H groups in total. The maximum Gasteiger partial charge on any atom is 0.327 e. The molecule has 2 saturated heterocycles. The number of ether oxygens (including phenoxy) is 1. The number of nitrogens with zero attached hydrogens (tertiary/aromatic N) is 1. The highest BCUT2D eigenvalue weighted by molar-refractivity contribution is 8.01. The first kappa shape index (κ1) is 19.1. The normalized spacial score (nSPS) is 25.8. The van der Waals surface area contributed by atoms with Gasteiger partial charge in [0.15, 0.2) is 11.5 Å². The Labute approximate surface area is 160 Å². The zero-order valence-corrected chi connectivity index (χ0v) is 15.8. The van der Waals surface area contributed by atoms with Gasteiger partial charge >= 0.3 is 5.97 Å². The molecule has 144 valence electrons. The van der Waals surface area contributed by atoms with Gasteiger partial charge in [-0.25, -0.2) is 4.79 Å². The quantitative estimate of drug-likeness (QED) is 0.506. The fraction of sp³-hybridized carbons (Fsp3) is 0.389. The maximum absolute atomic E-state index is 12.3. The van der Waals surface area contributed by atoms with E-state index in [1.54, 1.807) is 26.0 Å². The molecule has 0 bridgehead atoms. The molecule has 0 aliphatic carbocycles. The van der Waals surface area contributed by atoms with Gasteiger partial charge in [0.05, 0.1) is 7.11 Å². The molecule has 2 amide bonds. The van der Waals surface area contributed by atoms with Crippen LogP contribution in [0, 0.1) is 0 Å². The Hall–Kier alpha value is -2.68. The highest BCUT2D eigenvalue weighted by Crippen LogP contribution is 2.50. The third-order valence-corrected chi connectivity index (χ3v) is 6.18. The predicted octanol–water partition coefficient (Wildman–Crippen LogP) is 1.05. The number of rotatable bonds is 5. The number of carboxylic acid groups (broad SMARTS) is 1. The maximum atomic E-state index is 12.3. The van der Waals surface area contributed by atoms with Crippen molar-refractivity contribution in [3.63, 3.8) is 0 Å². The Bertz CT molecular complexity index is 837. The van der Waals surface area contributed by atoms with Gasteiger partial charge in [-0.1, -0.05) is 6.07 Å². The van der Waals surface area contributed by atoms with E-state index in [0.29, 0.717) is 5.56 Å². The smallest absolute Gasteiger partial charge is 0.327 e. The molecule has 0 saturated carbocycles. The first-order chi connectivity index (χ1) is 12.7. The summed E-state index contributed by atoms with van der Waals surface area (Å²) < 4.78 is 4.37. The number of nitrogens with one attached hydrogen (secondary N) is 1. The minimum atomic E-state index is -1.05. The molecule has 9 heteroatoms. The highest BCUT2D eigenvalue weighted by atomic mass is 32.2. The highest BCUT2D eigenvalue weighted by Gasteiger charge is 2.64. The Kier molecular flexibility index (Phi) is 4.81.